The van der Waals surface area contributed by atoms with Crippen molar-refractivity contribution in [2.45, 2.75) is 32.6 Å². The first-order chi connectivity index (χ1) is 6.09. The lowest BCUT2D eigenvalue weighted by Crippen LogP contribution is -2.11. The zero-order valence-corrected chi connectivity index (χ0v) is 7.79. The minimum atomic E-state index is -1.45. The van der Waals surface area contributed by atoms with E-state index in [1.807, 2.05) is 0 Å². The van der Waals surface area contributed by atoms with Crippen molar-refractivity contribution in [3.05, 3.63) is 11.9 Å². The van der Waals surface area contributed by atoms with Crippen molar-refractivity contribution in [1.82, 2.24) is 0 Å². The van der Waals surface area contributed by atoms with Crippen LogP contribution in [0.5, 0.6) is 0 Å². The molecule has 1 fully saturated rings. The number of carbonyl (C=O) groups is 1. The first kappa shape index (κ1) is 10.2. The summed E-state index contributed by atoms with van der Waals surface area (Å²) in [4.78, 5) is 10.2. The number of carboxylic acids is 1. The zero-order valence-electron chi connectivity index (χ0n) is 7.79. The Morgan fingerprint density at radius 3 is 2.38 bits per heavy atom. The highest BCUT2D eigenvalue weighted by Gasteiger charge is 2.18. The van der Waals surface area contributed by atoms with Gasteiger partial charge in [-0.15, -0.1) is 0 Å². The molecule has 1 saturated carbocycles. The fourth-order valence-electron chi connectivity index (χ4n) is 1.73. The van der Waals surface area contributed by atoms with E-state index >= 15 is 0 Å². The normalized spacial score (nSPS) is 30.2. The van der Waals surface area contributed by atoms with Crippen molar-refractivity contribution < 1.29 is 14.3 Å². The van der Waals surface area contributed by atoms with Crippen LogP contribution in [0.2, 0.25) is 0 Å². The van der Waals surface area contributed by atoms with E-state index in [0.29, 0.717) is 5.92 Å². The molecule has 2 nitrogen and oxygen atoms in total. The Bertz CT molecular complexity index is 215. The van der Waals surface area contributed by atoms with Crippen LogP contribution < -0.4 is 0 Å². The molecule has 0 atom stereocenters. The minimum Gasteiger partial charge on any atom is -0.476 e. The van der Waals surface area contributed by atoms with Crippen molar-refractivity contribution in [3.8, 4) is 0 Å². The smallest absolute Gasteiger partial charge is 0.364 e. The molecular formula is C10H15FO2. The highest BCUT2D eigenvalue weighted by molar-refractivity contribution is 5.83. The molecular weight excluding hydrogens is 171 g/mol. The highest BCUT2D eigenvalue weighted by Crippen LogP contribution is 2.29. The van der Waals surface area contributed by atoms with E-state index in [-0.39, 0.29) is 5.92 Å². The molecule has 0 amide bonds. The molecule has 0 saturated heterocycles. The molecule has 1 N–H and O–H groups in total. The largest absolute Gasteiger partial charge is 0.476 e. The SMILES string of the molecule is CC1CCC(/C=C(/F)C(=O)O)CC1. The quantitative estimate of drug-likeness (QED) is 0.673. The molecule has 0 spiro atoms. The third-order valence-electron chi connectivity index (χ3n) is 2.65. The van der Waals surface area contributed by atoms with Gasteiger partial charge in [-0.3, -0.25) is 0 Å². The van der Waals surface area contributed by atoms with Crippen molar-refractivity contribution in [2.75, 3.05) is 0 Å². The fraction of sp³-hybridized carbons (Fsp3) is 0.700. The summed E-state index contributed by atoms with van der Waals surface area (Å²) in [5, 5.41) is 8.32. The van der Waals surface area contributed by atoms with Gasteiger partial charge in [-0.25, -0.2) is 4.79 Å². The third kappa shape index (κ3) is 3.17. The van der Waals surface area contributed by atoms with Crippen LogP contribution in [0, 0.1) is 11.8 Å². The van der Waals surface area contributed by atoms with Crippen LogP contribution in [-0.2, 0) is 4.79 Å². The maximum absolute atomic E-state index is 12.7. The van der Waals surface area contributed by atoms with Gasteiger partial charge in [0.1, 0.15) is 0 Å². The summed E-state index contributed by atoms with van der Waals surface area (Å²) >= 11 is 0. The first-order valence-electron chi connectivity index (χ1n) is 4.70. The molecule has 1 rings (SSSR count). The molecule has 0 aromatic carbocycles. The van der Waals surface area contributed by atoms with Crippen LogP contribution in [0.3, 0.4) is 0 Å². The van der Waals surface area contributed by atoms with Crippen LogP contribution in [0.1, 0.15) is 32.6 Å². The second-order valence-electron chi connectivity index (χ2n) is 3.84. The summed E-state index contributed by atoms with van der Waals surface area (Å²) in [5.74, 6) is -1.61. The van der Waals surface area contributed by atoms with Crippen LogP contribution in [0.25, 0.3) is 0 Å². The molecule has 1 aliphatic carbocycles. The Morgan fingerprint density at radius 1 is 1.38 bits per heavy atom. The van der Waals surface area contributed by atoms with E-state index in [2.05, 4.69) is 6.92 Å². The van der Waals surface area contributed by atoms with Gasteiger partial charge in [-0.05, 0) is 30.8 Å². The topological polar surface area (TPSA) is 37.3 Å². The maximum Gasteiger partial charge on any atom is 0.364 e. The van der Waals surface area contributed by atoms with Gasteiger partial charge in [-0.1, -0.05) is 19.8 Å². The van der Waals surface area contributed by atoms with Gasteiger partial charge in [0.05, 0.1) is 0 Å². The molecule has 74 valence electrons. The van der Waals surface area contributed by atoms with Crippen molar-refractivity contribution in [3.63, 3.8) is 0 Å². The Balaban J connectivity index is 2.46. The summed E-state index contributed by atoms with van der Waals surface area (Å²) in [6.45, 7) is 2.17. The van der Waals surface area contributed by atoms with Crippen molar-refractivity contribution >= 4 is 5.97 Å². The lowest BCUT2D eigenvalue weighted by atomic mass is 9.83. The maximum atomic E-state index is 12.7. The van der Waals surface area contributed by atoms with Gasteiger partial charge >= 0.3 is 5.97 Å². The average Bonchev–Trinajstić information content (AvgIpc) is 2.08. The van der Waals surface area contributed by atoms with Gasteiger partial charge < -0.3 is 5.11 Å². The van der Waals surface area contributed by atoms with E-state index in [9.17, 15) is 9.18 Å². The van der Waals surface area contributed by atoms with Crippen LogP contribution in [0.4, 0.5) is 4.39 Å². The Hall–Kier alpha value is -0.860. The standard InChI is InChI=1S/C10H15FO2/c1-7-2-4-8(5-3-7)6-9(11)10(12)13/h6-8H,2-5H2,1H3,(H,12,13)/b9-6+. The second kappa shape index (κ2) is 4.40. The molecule has 0 heterocycles. The Morgan fingerprint density at radius 2 is 1.92 bits per heavy atom. The monoisotopic (exact) mass is 186 g/mol. The Kier molecular flexibility index (Phi) is 3.46. The molecule has 0 radical (unpaired) electrons. The van der Waals surface area contributed by atoms with Crippen LogP contribution >= 0.6 is 0 Å². The van der Waals surface area contributed by atoms with Gasteiger partial charge in [0.2, 0.25) is 5.83 Å². The minimum absolute atomic E-state index is 0.132. The average molecular weight is 186 g/mol. The molecule has 13 heavy (non-hydrogen) atoms. The third-order valence-corrected chi connectivity index (χ3v) is 2.65. The van der Waals surface area contributed by atoms with E-state index in [1.54, 1.807) is 0 Å². The number of rotatable bonds is 2. The number of halogens is 1. The summed E-state index contributed by atoms with van der Waals surface area (Å²) in [7, 11) is 0. The van der Waals surface area contributed by atoms with Gasteiger partial charge in [0, 0.05) is 0 Å². The Labute approximate surface area is 77.4 Å². The predicted molar refractivity (Wildman–Crippen MR) is 47.9 cm³/mol. The first-order valence-corrected chi connectivity index (χ1v) is 4.70. The van der Waals surface area contributed by atoms with Gasteiger partial charge in [0.25, 0.3) is 0 Å². The molecule has 3 heteroatoms. The number of hydrogen-bond acceptors (Lipinski definition) is 1. The molecule has 0 bridgehead atoms. The fourth-order valence-corrected chi connectivity index (χ4v) is 1.73. The number of hydrogen-bond donors (Lipinski definition) is 1. The summed E-state index contributed by atoms with van der Waals surface area (Å²) in [6, 6.07) is 0. The number of allylic oxidation sites excluding steroid dienone is 1. The number of carboxylic acid groups (broad SMARTS) is 1. The van der Waals surface area contributed by atoms with Gasteiger partial charge in [0.15, 0.2) is 0 Å². The van der Waals surface area contributed by atoms with E-state index < -0.39 is 11.8 Å². The molecule has 0 unspecified atom stereocenters. The molecule has 0 aromatic heterocycles. The predicted octanol–water partition coefficient (Wildman–Crippen LogP) is 2.75. The summed E-state index contributed by atoms with van der Waals surface area (Å²) in [5.41, 5.74) is 0. The molecule has 0 aliphatic heterocycles. The van der Waals surface area contributed by atoms with Crippen molar-refractivity contribution in [1.29, 1.82) is 0 Å². The van der Waals surface area contributed by atoms with Crippen LogP contribution in [0.15, 0.2) is 11.9 Å². The van der Waals surface area contributed by atoms with E-state index in [0.717, 1.165) is 25.7 Å². The lowest BCUT2D eigenvalue weighted by Gasteiger charge is -2.23. The second-order valence-corrected chi connectivity index (χ2v) is 3.84. The number of aliphatic carboxylic acids is 1. The van der Waals surface area contributed by atoms with Crippen LogP contribution in [-0.4, -0.2) is 11.1 Å². The van der Waals surface area contributed by atoms with E-state index in [1.165, 1.54) is 6.08 Å². The molecule has 0 aromatic rings. The van der Waals surface area contributed by atoms with E-state index in [4.69, 9.17) is 5.11 Å². The zero-order chi connectivity index (χ0) is 9.84. The van der Waals surface area contributed by atoms with Crippen molar-refractivity contribution in [2.24, 2.45) is 11.8 Å². The molecule has 1 aliphatic rings. The summed E-state index contributed by atoms with van der Waals surface area (Å²) in [6.07, 6.45) is 5.25. The lowest BCUT2D eigenvalue weighted by molar-refractivity contribution is -0.134. The summed E-state index contributed by atoms with van der Waals surface area (Å²) < 4.78 is 12.7. The highest BCUT2D eigenvalue weighted by atomic mass is 19.1. The van der Waals surface area contributed by atoms with Gasteiger partial charge in [-0.2, -0.15) is 4.39 Å².